The zero-order valence-electron chi connectivity index (χ0n) is 11.5. The molecule has 0 bridgehead atoms. The Balaban J connectivity index is 1.74. The number of fused-ring (bicyclic) bond motifs is 1. The SMILES string of the molecule is c1cnc2c(c1)nc(CC1CCOC1)n2C1CCCO1. The van der Waals surface area contributed by atoms with Crippen molar-refractivity contribution in [2.75, 3.05) is 19.8 Å². The molecule has 0 N–H and O–H groups in total. The first-order valence-corrected chi connectivity index (χ1v) is 7.43. The number of hydrogen-bond acceptors (Lipinski definition) is 4. The predicted octanol–water partition coefficient (Wildman–Crippen LogP) is 2.32. The van der Waals surface area contributed by atoms with Gasteiger partial charge in [0.15, 0.2) is 5.65 Å². The van der Waals surface area contributed by atoms with Crippen LogP contribution in [0.4, 0.5) is 0 Å². The fourth-order valence-electron chi connectivity index (χ4n) is 3.19. The lowest BCUT2D eigenvalue weighted by Gasteiger charge is -2.16. The number of nitrogens with zero attached hydrogens (tertiary/aromatic N) is 3. The molecule has 0 amide bonds. The van der Waals surface area contributed by atoms with E-state index in [9.17, 15) is 0 Å². The van der Waals surface area contributed by atoms with Gasteiger partial charge in [0, 0.05) is 32.4 Å². The van der Waals surface area contributed by atoms with E-state index in [1.807, 2.05) is 18.3 Å². The molecule has 5 nitrogen and oxygen atoms in total. The van der Waals surface area contributed by atoms with Crippen LogP contribution in [0.25, 0.3) is 11.2 Å². The molecular weight excluding hydrogens is 254 g/mol. The molecule has 2 aliphatic rings. The molecule has 2 aliphatic heterocycles. The Kier molecular flexibility index (Phi) is 3.16. The van der Waals surface area contributed by atoms with Crippen molar-refractivity contribution in [2.45, 2.75) is 31.9 Å². The minimum atomic E-state index is 0.104. The molecule has 2 unspecified atom stereocenters. The largest absolute Gasteiger partial charge is 0.381 e. The molecule has 2 fully saturated rings. The van der Waals surface area contributed by atoms with E-state index in [2.05, 4.69) is 9.55 Å². The molecule has 4 heterocycles. The lowest BCUT2D eigenvalue weighted by Crippen LogP contribution is -2.15. The van der Waals surface area contributed by atoms with Gasteiger partial charge in [-0.1, -0.05) is 0 Å². The smallest absolute Gasteiger partial charge is 0.162 e. The zero-order chi connectivity index (χ0) is 13.4. The Morgan fingerprint density at radius 3 is 3.10 bits per heavy atom. The van der Waals surface area contributed by atoms with Gasteiger partial charge >= 0.3 is 0 Å². The lowest BCUT2D eigenvalue weighted by atomic mass is 10.0. The highest BCUT2D eigenvalue weighted by molar-refractivity contribution is 5.71. The number of ether oxygens (including phenoxy) is 2. The lowest BCUT2D eigenvalue weighted by molar-refractivity contribution is 0.0565. The van der Waals surface area contributed by atoms with Gasteiger partial charge in [-0.25, -0.2) is 9.97 Å². The first-order chi connectivity index (χ1) is 9.92. The first kappa shape index (κ1) is 12.3. The summed E-state index contributed by atoms with van der Waals surface area (Å²) in [6.07, 6.45) is 6.18. The van der Waals surface area contributed by atoms with Crippen molar-refractivity contribution in [2.24, 2.45) is 5.92 Å². The zero-order valence-corrected chi connectivity index (χ0v) is 11.5. The summed E-state index contributed by atoms with van der Waals surface area (Å²) < 4.78 is 13.6. The van der Waals surface area contributed by atoms with Crippen LogP contribution in [0.5, 0.6) is 0 Å². The molecule has 0 aromatic carbocycles. The first-order valence-electron chi connectivity index (χ1n) is 7.43. The van der Waals surface area contributed by atoms with Gasteiger partial charge in [0.2, 0.25) is 0 Å². The topological polar surface area (TPSA) is 49.2 Å². The van der Waals surface area contributed by atoms with Crippen molar-refractivity contribution in [1.82, 2.24) is 14.5 Å². The van der Waals surface area contributed by atoms with Gasteiger partial charge in [-0.3, -0.25) is 4.57 Å². The summed E-state index contributed by atoms with van der Waals surface area (Å²) in [4.78, 5) is 9.30. The van der Waals surface area contributed by atoms with Crippen LogP contribution < -0.4 is 0 Å². The second-order valence-electron chi connectivity index (χ2n) is 5.65. The number of rotatable bonds is 3. The Morgan fingerprint density at radius 1 is 1.30 bits per heavy atom. The highest BCUT2D eigenvalue weighted by Crippen LogP contribution is 2.30. The third-order valence-corrected chi connectivity index (χ3v) is 4.21. The average Bonchev–Trinajstić information content (AvgIpc) is 3.18. The van der Waals surface area contributed by atoms with E-state index in [1.165, 1.54) is 0 Å². The molecule has 5 heteroatoms. The van der Waals surface area contributed by atoms with Crippen molar-refractivity contribution in [1.29, 1.82) is 0 Å². The van der Waals surface area contributed by atoms with E-state index in [0.717, 1.165) is 62.5 Å². The van der Waals surface area contributed by atoms with Gasteiger partial charge in [0.25, 0.3) is 0 Å². The third-order valence-electron chi connectivity index (χ3n) is 4.21. The van der Waals surface area contributed by atoms with Crippen LogP contribution in [-0.4, -0.2) is 34.4 Å². The van der Waals surface area contributed by atoms with Gasteiger partial charge in [0.1, 0.15) is 17.6 Å². The van der Waals surface area contributed by atoms with Gasteiger partial charge in [-0.2, -0.15) is 0 Å². The van der Waals surface area contributed by atoms with Crippen LogP contribution in [0.1, 0.15) is 31.3 Å². The summed E-state index contributed by atoms with van der Waals surface area (Å²) in [5.41, 5.74) is 1.92. The van der Waals surface area contributed by atoms with Crippen LogP contribution in [0.2, 0.25) is 0 Å². The Hall–Kier alpha value is -1.46. The van der Waals surface area contributed by atoms with Gasteiger partial charge in [-0.05, 0) is 37.3 Å². The average molecular weight is 273 g/mol. The maximum atomic E-state index is 5.86. The summed E-state index contributed by atoms with van der Waals surface area (Å²) in [6, 6.07) is 3.97. The quantitative estimate of drug-likeness (QED) is 0.861. The molecular formula is C15H19N3O2. The Bertz CT molecular complexity index is 598. The van der Waals surface area contributed by atoms with E-state index in [4.69, 9.17) is 14.5 Å². The van der Waals surface area contributed by atoms with E-state index in [1.54, 1.807) is 0 Å². The van der Waals surface area contributed by atoms with Crippen molar-refractivity contribution >= 4 is 11.2 Å². The second kappa shape index (κ2) is 5.14. The van der Waals surface area contributed by atoms with E-state index < -0.39 is 0 Å². The molecule has 0 spiro atoms. The molecule has 20 heavy (non-hydrogen) atoms. The molecule has 106 valence electrons. The molecule has 0 aliphatic carbocycles. The fraction of sp³-hybridized carbons (Fsp3) is 0.600. The maximum Gasteiger partial charge on any atom is 0.162 e. The molecule has 2 saturated heterocycles. The molecule has 2 aromatic heterocycles. The van der Waals surface area contributed by atoms with E-state index >= 15 is 0 Å². The maximum absolute atomic E-state index is 5.86. The highest BCUT2D eigenvalue weighted by Gasteiger charge is 2.26. The van der Waals surface area contributed by atoms with Crippen LogP contribution in [0.15, 0.2) is 18.3 Å². The van der Waals surface area contributed by atoms with Crippen molar-refractivity contribution in [3.63, 3.8) is 0 Å². The number of aromatic nitrogens is 3. The summed E-state index contributed by atoms with van der Waals surface area (Å²) in [7, 11) is 0. The normalized spacial score (nSPS) is 26.6. The molecule has 4 rings (SSSR count). The molecule has 2 atom stereocenters. The molecule has 0 radical (unpaired) electrons. The summed E-state index contributed by atoms with van der Waals surface area (Å²) in [6.45, 7) is 2.56. The van der Waals surface area contributed by atoms with Crippen LogP contribution in [0.3, 0.4) is 0 Å². The summed E-state index contributed by atoms with van der Waals surface area (Å²) >= 11 is 0. The standard InChI is InChI=1S/C15H19N3O2/c1-3-12-15(16-6-1)18(14-4-2-7-20-14)13(17-12)9-11-5-8-19-10-11/h1,3,6,11,14H,2,4-5,7-10H2. The van der Waals surface area contributed by atoms with Crippen molar-refractivity contribution in [3.8, 4) is 0 Å². The second-order valence-corrected chi connectivity index (χ2v) is 5.65. The number of imidazole rings is 1. The Labute approximate surface area is 117 Å². The monoisotopic (exact) mass is 273 g/mol. The molecule has 2 aromatic rings. The van der Waals surface area contributed by atoms with Crippen molar-refractivity contribution in [3.05, 3.63) is 24.2 Å². The minimum Gasteiger partial charge on any atom is -0.381 e. The van der Waals surface area contributed by atoms with Crippen LogP contribution in [-0.2, 0) is 15.9 Å². The van der Waals surface area contributed by atoms with Gasteiger partial charge < -0.3 is 9.47 Å². The van der Waals surface area contributed by atoms with Crippen LogP contribution >= 0.6 is 0 Å². The number of pyridine rings is 1. The summed E-state index contributed by atoms with van der Waals surface area (Å²) in [5.74, 6) is 1.67. The van der Waals surface area contributed by atoms with Crippen molar-refractivity contribution < 1.29 is 9.47 Å². The molecule has 0 saturated carbocycles. The number of hydrogen-bond donors (Lipinski definition) is 0. The fourth-order valence-corrected chi connectivity index (χ4v) is 3.19. The summed E-state index contributed by atoms with van der Waals surface area (Å²) in [5, 5.41) is 0. The third kappa shape index (κ3) is 2.11. The Morgan fingerprint density at radius 2 is 2.30 bits per heavy atom. The van der Waals surface area contributed by atoms with Gasteiger partial charge in [-0.15, -0.1) is 0 Å². The van der Waals surface area contributed by atoms with Gasteiger partial charge in [0.05, 0.1) is 0 Å². The predicted molar refractivity (Wildman–Crippen MR) is 74.4 cm³/mol. The van der Waals surface area contributed by atoms with E-state index in [-0.39, 0.29) is 6.23 Å². The van der Waals surface area contributed by atoms with E-state index in [0.29, 0.717) is 5.92 Å². The van der Waals surface area contributed by atoms with Crippen LogP contribution in [0, 0.1) is 5.92 Å². The highest BCUT2D eigenvalue weighted by atomic mass is 16.5. The minimum absolute atomic E-state index is 0.104.